The van der Waals surface area contributed by atoms with E-state index in [4.69, 9.17) is 9.47 Å². The molecule has 1 aromatic rings. The highest BCUT2D eigenvalue weighted by Gasteiger charge is 2.12. The van der Waals surface area contributed by atoms with Crippen molar-refractivity contribution in [3.05, 3.63) is 23.8 Å². The van der Waals surface area contributed by atoms with Gasteiger partial charge in [0, 0.05) is 0 Å². The number of ether oxygens (including phenoxy) is 2. The molecule has 0 saturated carbocycles. The molecule has 70 valence electrons. The fraction of sp³-hybridized carbons (Fsp3) is 0.400. The van der Waals surface area contributed by atoms with Gasteiger partial charge in [0.1, 0.15) is 13.2 Å². The molecule has 0 bridgehead atoms. The molecule has 0 fully saturated rings. The van der Waals surface area contributed by atoms with E-state index in [1.54, 1.807) is 6.92 Å². The van der Waals surface area contributed by atoms with Gasteiger partial charge in [-0.15, -0.1) is 0 Å². The molecule has 2 rings (SSSR count). The van der Waals surface area contributed by atoms with Crippen molar-refractivity contribution in [1.82, 2.24) is 0 Å². The molecule has 0 aliphatic carbocycles. The lowest BCUT2D eigenvalue weighted by atomic mass is 10.1. The van der Waals surface area contributed by atoms with Crippen molar-refractivity contribution in [3.63, 3.8) is 0 Å². The summed E-state index contributed by atoms with van der Waals surface area (Å²) in [7, 11) is 0. The lowest BCUT2D eigenvalue weighted by Crippen LogP contribution is -2.15. The first-order valence-corrected chi connectivity index (χ1v) is 4.35. The number of hydrogen-bond donors (Lipinski definition) is 1. The maximum atomic E-state index is 9.33. The Labute approximate surface area is 76.9 Å². The first-order valence-electron chi connectivity index (χ1n) is 4.35. The van der Waals surface area contributed by atoms with E-state index in [1.807, 2.05) is 18.2 Å². The molecule has 1 heterocycles. The fourth-order valence-electron chi connectivity index (χ4n) is 1.32. The molecule has 0 radical (unpaired) electrons. The van der Waals surface area contributed by atoms with Crippen LogP contribution in [0.25, 0.3) is 0 Å². The largest absolute Gasteiger partial charge is 0.486 e. The van der Waals surface area contributed by atoms with Gasteiger partial charge in [0.05, 0.1) is 6.10 Å². The molecule has 3 heteroatoms. The van der Waals surface area contributed by atoms with E-state index >= 15 is 0 Å². The molecular weight excluding hydrogens is 168 g/mol. The van der Waals surface area contributed by atoms with Crippen molar-refractivity contribution >= 4 is 0 Å². The molecule has 0 unspecified atom stereocenters. The van der Waals surface area contributed by atoms with Crippen molar-refractivity contribution in [3.8, 4) is 11.5 Å². The normalized spacial score (nSPS) is 16.8. The zero-order chi connectivity index (χ0) is 9.26. The summed E-state index contributed by atoms with van der Waals surface area (Å²) in [5.74, 6) is 1.49. The van der Waals surface area contributed by atoms with Crippen molar-refractivity contribution in [2.24, 2.45) is 0 Å². The van der Waals surface area contributed by atoms with Crippen molar-refractivity contribution in [2.75, 3.05) is 13.2 Å². The van der Waals surface area contributed by atoms with Gasteiger partial charge in [-0.25, -0.2) is 0 Å². The Bertz CT molecular complexity index is 307. The number of hydrogen-bond acceptors (Lipinski definition) is 3. The minimum Gasteiger partial charge on any atom is -0.486 e. The average Bonchev–Trinajstić information content (AvgIpc) is 2.17. The summed E-state index contributed by atoms with van der Waals surface area (Å²) in [4.78, 5) is 0. The first kappa shape index (κ1) is 8.38. The number of fused-ring (bicyclic) bond motifs is 1. The summed E-state index contributed by atoms with van der Waals surface area (Å²) in [6.45, 7) is 2.91. The van der Waals surface area contributed by atoms with E-state index in [0.717, 1.165) is 17.1 Å². The third-order valence-corrected chi connectivity index (χ3v) is 2.05. The maximum Gasteiger partial charge on any atom is 0.161 e. The van der Waals surface area contributed by atoms with Gasteiger partial charge in [0.25, 0.3) is 0 Å². The van der Waals surface area contributed by atoms with Gasteiger partial charge in [-0.2, -0.15) is 0 Å². The summed E-state index contributed by atoms with van der Waals surface area (Å²) >= 11 is 0. The molecule has 1 N–H and O–H groups in total. The van der Waals surface area contributed by atoms with Crippen LogP contribution >= 0.6 is 0 Å². The standard InChI is InChI=1S/C10H12O3/c1-7(11)8-2-3-9-10(6-8)13-5-4-12-9/h2-3,6-7,11H,4-5H2,1H3/t7-/m0/s1. The highest BCUT2D eigenvalue weighted by molar-refractivity contribution is 5.44. The molecular formula is C10H12O3. The van der Waals surface area contributed by atoms with Crippen LogP contribution in [0.5, 0.6) is 11.5 Å². The van der Waals surface area contributed by atoms with Crippen LogP contribution in [-0.4, -0.2) is 18.3 Å². The molecule has 0 amide bonds. The predicted octanol–water partition coefficient (Wildman–Crippen LogP) is 1.51. The molecule has 0 saturated heterocycles. The van der Waals surface area contributed by atoms with Gasteiger partial charge in [-0.3, -0.25) is 0 Å². The van der Waals surface area contributed by atoms with Crippen molar-refractivity contribution in [2.45, 2.75) is 13.0 Å². The lowest BCUT2D eigenvalue weighted by molar-refractivity contribution is 0.168. The Morgan fingerprint density at radius 3 is 2.62 bits per heavy atom. The highest BCUT2D eigenvalue weighted by atomic mass is 16.6. The van der Waals surface area contributed by atoms with E-state index in [2.05, 4.69) is 0 Å². The van der Waals surface area contributed by atoms with E-state index < -0.39 is 6.10 Å². The second kappa shape index (κ2) is 3.26. The predicted molar refractivity (Wildman–Crippen MR) is 48.1 cm³/mol. The van der Waals surface area contributed by atoms with Gasteiger partial charge in [0.15, 0.2) is 11.5 Å². The second-order valence-electron chi connectivity index (χ2n) is 3.08. The SMILES string of the molecule is C[C@H](O)c1ccc2c(c1)OCCO2. The summed E-state index contributed by atoms with van der Waals surface area (Å²) in [6, 6.07) is 5.49. The van der Waals surface area contributed by atoms with Gasteiger partial charge < -0.3 is 14.6 Å². The summed E-state index contributed by atoms with van der Waals surface area (Å²) in [5, 5.41) is 9.33. The van der Waals surface area contributed by atoms with Crippen LogP contribution in [0.3, 0.4) is 0 Å². The summed E-state index contributed by atoms with van der Waals surface area (Å²) in [5.41, 5.74) is 0.851. The molecule has 0 spiro atoms. The van der Waals surface area contributed by atoms with Crippen LogP contribution in [-0.2, 0) is 0 Å². The van der Waals surface area contributed by atoms with Crippen LogP contribution in [0.4, 0.5) is 0 Å². The first-order chi connectivity index (χ1) is 6.27. The minimum absolute atomic E-state index is 0.462. The molecule has 1 atom stereocenters. The third-order valence-electron chi connectivity index (χ3n) is 2.05. The van der Waals surface area contributed by atoms with Crippen LogP contribution in [0, 0.1) is 0 Å². The molecule has 1 aliphatic heterocycles. The van der Waals surface area contributed by atoms with Crippen LogP contribution in [0.15, 0.2) is 18.2 Å². The van der Waals surface area contributed by atoms with Crippen molar-refractivity contribution in [1.29, 1.82) is 0 Å². The highest BCUT2D eigenvalue weighted by Crippen LogP contribution is 2.32. The van der Waals surface area contributed by atoms with Crippen LogP contribution in [0.1, 0.15) is 18.6 Å². The summed E-state index contributed by atoms with van der Waals surface area (Å²) in [6.07, 6.45) is -0.462. The lowest BCUT2D eigenvalue weighted by Gasteiger charge is -2.19. The fourth-order valence-corrected chi connectivity index (χ4v) is 1.32. The maximum absolute atomic E-state index is 9.33. The van der Waals surface area contributed by atoms with Crippen LogP contribution in [0.2, 0.25) is 0 Å². The Morgan fingerprint density at radius 1 is 1.23 bits per heavy atom. The van der Waals surface area contributed by atoms with Gasteiger partial charge in [0.2, 0.25) is 0 Å². The zero-order valence-corrected chi connectivity index (χ0v) is 7.49. The van der Waals surface area contributed by atoms with E-state index in [0.29, 0.717) is 13.2 Å². The Hall–Kier alpha value is -1.22. The van der Waals surface area contributed by atoms with Crippen molar-refractivity contribution < 1.29 is 14.6 Å². The number of rotatable bonds is 1. The minimum atomic E-state index is -0.462. The summed E-state index contributed by atoms with van der Waals surface area (Å²) < 4.78 is 10.7. The topological polar surface area (TPSA) is 38.7 Å². The quantitative estimate of drug-likeness (QED) is 0.712. The molecule has 0 aromatic heterocycles. The smallest absolute Gasteiger partial charge is 0.161 e. The van der Waals surface area contributed by atoms with E-state index in [-0.39, 0.29) is 0 Å². The van der Waals surface area contributed by atoms with E-state index in [1.165, 1.54) is 0 Å². The van der Waals surface area contributed by atoms with Crippen LogP contribution < -0.4 is 9.47 Å². The van der Waals surface area contributed by atoms with Gasteiger partial charge >= 0.3 is 0 Å². The molecule has 3 nitrogen and oxygen atoms in total. The number of benzene rings is 1. The molecule has 13 heavy (non-hydrogen) atoms. The Morgan fingerprint density at radius 2 is 1.92 bits per heavy atom. The number of aliphatic hydroxyl groups excluding tert-OH is 1. The zero-order valence-electron chi connectivity index (χ0n) is 7.49. The Balaban J connectivity index is 2.35. The monoisotopic (exact) mass is 180 g/mol. The molecule has 1 aliphatic rings. The van der Waals surface area contributed by atoms with E-state index in [9.17, 15) is 5.11 Å². The Kier molecular flexibility index (Phi) is 2.10. The second-order valence-corrected chi connectivity index (χ2v) is 3.08. The molecule has 1 aromatic carbocycles. The number of aliphatic hydroxyl groups is 1. The van der Waals surface area contributed by atoms with Gasteiger partial charge in [-0.05, 0) is 24.6 Å². The third kappa shape index (κ3) is 1.60. The average molecular weight is 180 g/mol. The van der Waals surface area contributed by atoms with Gasteiger partial charge in [-0.1, -0.05) is 6.07 Å².